The molecule has 4 atom stereocenters. The van der Waals surface area contributed by atoms with Crippen LogP contribution in [0, 0.1) is 25.7 Å². The number of aromatic amines is 1. The molecule has 30 heavy (non-hydrogen) atoms. The molecule has 3 aliphatic heterocycles. The summed E-state index contributed by atoms with van der Waals surface area (Å²) in [5, 5.41) is 0. The molecule has 3 aliphatic rings. The quantitative estimate of drug-likeness (QED) is 0.770. The minimum absolute atomic E-state index is 0.00695. The molecule has 2 aromatic rings. The van der Waals surface area contributed by atoms with E-state index >= 15 is 0 Å². The zero-order valence-corrected chi connectivity index (χ0v) is 17.5. The zero-order chi connectivity index (χ0) is 21.0. The first-order valence-electron chi connectivity index (χ1n) is 10.3. The monoisotopic (exact) mass is 406 g/mol. The van der Waals surface area contributed by atoms with Gasteiger partial charge in [-0.2, -0.15) is 0 Å². The highest BCUT2D eigenvalue weighted by Crippen LogP contribution is 2.52. The summed E-state index contributed by atoms with van der Waals surface area (Å²) in [5.74, 6) is -0.313. The van der Waals surface area contributed by atoms with Crippen LogP contribution in [0.25, 0.3) is 0 Å². The third-order valence-electron chi connectivity index (χ3n) is 6.65. The Morgan fingerprint density at radius 2 is 2.23 bits per heavy atom. The fraction of sp³-hybridized carbons (Fsp3) is 0.435. The molecule has 1 spiro atoms. The van der Waals surface area contributed by atoms with Gasteiger partial charge >= 0.3 is 0 Å². The number of likely N-dealkylation sites (tertiary alicyclic amines) is 1. The number of H-pyrrole nitrogens is 1. The standard InChI is InChI=1S/C23H26N4O3/c1-14-4-5-15(2)16(10-14)11-27-13-23-7-6-17(30-23)19(20(23)22(27)29)21(28)26(3)12-18-24-8-9-25-18/h4-10,17,19-20H,11-13H2,1-3H3,(H,24,25)/t17-,19+,20-,23-/m0/s1. The fourth-order valence-electron chi connectivity index (χ4n) is 5.11. The second kappa shape index (κ2) is 6.80. The van der Waals surface area contributed by atoms with Gasteiger partial charge in [-0.05, 0) is 25.0 Å². The second-order valence-electron chi connectivity index (χ2n) is 8.75. The molecule has 1 aromatic carbocycles. The van der Waals surface area contributed by atoms with Gasteiger partial charge in [0.15, 0.2) is 0 Å². The molecule has 0 unspecified atom stereocenters. The molecule has 1 N–H and O–H groups in total. The number of ether oxygens (including phenoxy) is 1. The van der Waals surface area contributed by atoms with Gasteiger partial charge < -0.3 is 19.5 Å². The van der Waals surface area contributed by atoms with Gasteiger partial charge in [0.05, 0.1) is 31.0 Å². The van der Waals surface area contributed by atoms with Crippen molar-refractivity contribution >= 4 is 11.8 Å². The Kier molecular flexibility index (Phi) is 4.32. The number of imidazole rings is 1. The lowest BCUT2D eigenvalue weighted by Crippen LogP contribution is -2.44. The highest BCUT2D eigenvalue weighted by atomic mass is 16.5. The number of fused-ring (bicyclic) bond motifs is 1. The van der Waals surface area contributed by atoms with Gasteiger partial charge in [-0.1, -0.05) is 35.9 Å². The van der Waals surface area contributed by atoms with Crippen molar-refractivity contribution in [2.24, 2.45) is 11.8 Å². The molecule has 7 heteroatoms. The number of carbonyl (C=O) groups excluding carboxylic acids is 2. The van der Waals surface area contributed by atoms with Crippen LogP contribution in [-0.2, 0) is 27.4 Å². The van der Waals surface area contributed by atoms with E-state index in [1.807, 2.05) is 17.1 Å². The maximum atomic E-state index is 13.4. The van der Waals surface area contributed by atoms with Crippen LogP contribution in [0.15, 0.2) is 42.7 Å². The Labute approximate surface area is 175 Å². The SMILES string of the molecule is Cc1ccc(C)c(CN2C[C@]34C=C[C@H](O3)[C@@H](C(=O)N(C)Cc3ncc[nH]3)[C@H]4C2=O)c1. The average Bonchev–Trinajstić information content (AvgIpc) is 3.47. The van der Waals surface area contributed by atoms with Crippen LogP contribution in [0.1, 0.15) is 22.5 Å². The largest absolute Gasteiger partial charge is 0.360 e. The minimum Gasteiger partial charge on any atom is -0.360 e. The summed E-state index contributed by atoms with van der Waals surface area (Å²) in [6.45, 7) is 5.52. The summed E-state index contributed by atoms with van der Waals surface area (Å²) in [6.07, 6.45) is 7.01. The first-order chi connectivity index (χ1) is 14.4. The summed E-state index contributed by atoms with van der Waals surface area (Å²) in [4.78, 5) is 37.5. The molecule has 7 nitrogen and oxygen atoms in total. The van der Waals surface area contributed by atoms with E-state index in [-0.39, 0.29) is 17.9 Å². The first kappa shape index (κ1) is 19.1. The highest BCUT2D eigenvalue weighted by Gasteiger charge is 2.67. The van der Waals surface area contributed by atoms with Gasteiger partial charge in [0.2, 0.25) is 11.8 Å². The molecule has 0 aliphatic carbocycles. The van der Waals surface area contributed by atoms with Crippen molar-refractivity contribution in [2.45, 2.75) is 38.6 Å². The number of rotatable bonds is 5. The van der Waals surface area contributed by atoms with E-state index in [9.17, 15) is 9.59 Å². The van der Waals surface area contributed by atoms with Gasteiger partial charge in [-0.25, -0.2) is 4.98 Å². The first-order valence-corrected chi connectivity index (χ1v) is 10.3. The Morgan fingerprint density at radius 3 is 3.00 bits per heavy atom. The van der Waals surface area contributed by atoms with E-state index in [2.05, 4.69) is 42.0 Å². The van der Waals surface area contributed by atoms with Crippen LogP contribution in [0.2, 0.25) is 0 Å². The molecular weight excluding hydrogens is 380 g/mol. The number of hydrogen-bond acceptors (Lipinski definition) is 4. The highest BCUT2D eigenvalue weighted by molar-refractivity contribution is 5.93. The topological polar surface area (TPSA) is 78.5 Å². The van der Waals surface area contributed by atoms with E-state index in [1.54, 1.807) is 24.3 Å². The molecule has 2 amide bonds. The lowest BCUT2D eigenvalue weighted by atomic mass is 9.76. The molecule has 0 radical (unpaired) electrons. The summed E-state index contributed by atoms with van der Waals surface area (Å²) in [5.41, 5.74) is 2.78. The van der Waals surface area contributed by atoms with Crippen molar-refractivity contribution in [2.75, 3.05) is 13.6 Å². The molecule has 1 aromatic heterocycles. The van der Waals surface area contributed by atoms with Crippen LogP contribution >= 0.6 is 0 Å². The second-order valence-corrected chi connectivity index (χ2v) is 8.75. The van der Waals surface area contributed by atoms with E-state index in [0.717, 1.165) is 17.0 Å². The molecule has 2 fully saturated rings. The zero-order valence-electron chi connectivity index (χ0n) is 17.5. The Bertz CT molecular complexity index is 1030. The van der Waals surface area contributed by atoms with Crippen molar-refractivity contribution in [3.05, 3.63) is 65.3 Å². The summed E-state index contributed by atoms with van der Waals surface area (Å²) in [7, 11) is 1.75. The number of benzene rings is 1. The molecule has 2 saturated heterocycles. The predicted octanol–water partition coefficient (Wildman–Crippen LogP) is 1.97. The summed E-state index contributed by atoms with van der Waals surface area (Å²) in [6, 6.07) is 6.29. The van der Waals surface area contributed by atoms with Gasteiger partial charge in [0.1, 0.15) is 11.4 Å². The van der Waals surface area contributed by atoms with Crippen LogP contribution in [0.5, 0.6) is 0 Å². The van der Waals surface area contributed by atoms with Gasteiger partial charge in [0, 0.05) is 26.0 Å². The number of aromatic nitrogens is 2. The molecular formula is C23H26N4O3. The Hall–Kier alpha value is -2.93. The number of nitrogens with zero attached hydrogens (tertiary/aromatic N) is 3. The fourth-order valence-corrected chi connectivity index (χ4v) is 5.11. The number of aryl methyl sites for hydroxylation is 2. The van der Waals surface area contributed by atoms with E-state index in [4.69, 9.17) is 4.74 Å². The lowest BCUT2D eigenvalue weighted by molar-refractivity contribution is -0.143. The van der Waals surface area contributed by atoms with E-state index < -0.39 is 17.4 Å². The average molecular weight is 406 g/mol. The molecule has 4 heterocycles. The van der Waals surface area contributed by atoms with Gasteiger partial charge in [-0.3, -0.25) is 9.59 Å². The molecule has 2 bridgehead atoms. The minimum atomic E-state index is -0.689. The van der Waals surface area contributed by atoms with Crippen LogP contribution in [0.4, 0.5) is 0 Å². The maximum absolute atomic E-state index is 13.4. The summed E-state index contributed by atoms with van der Waals surface area (Å²) < 4.78 is 6.25. The third kappa shape index (κ3) is 2.88. The van der Waals surface area contributed by atoms with Crippen molar-refractivity contribution in [1.82, 2.24) is 19.8 Å². The molecule has 5 rings (SSSR count). The molecule has 0 saturated carbocycles. The van der Waals surface area contributed by atoms with Crippen molar-refractivity contribution in [1.29, 1.82) is 0 Å². The van der Waals surface area contributed by atoms with Crippen molar-refractivity contribution in [3.63, 3.8) is 0 Å². The molecule has 156 valence electrons. The third-order valence-corrected chi connectivity index (χ3v) is 6.65. The van der Waals surface area contributed by atoms with Crippen molar-refractivity contribution < 1.29 is 14.3 Å². The van der Waals surface area contributed by atoms with Crippen LogP contribution in [-0.4, -0.2) is 56.9 Å². The van der Waals surface area contributed by atoms with E-state index in [1.165, 1.54) is 5.56 Å². The number of nitrogens with one attached hydrogen (secondary N) is 1. The van der Waals surface area contributed by atoms with Gasteiger partial charge in [0.25, 0.3) is 0 Å². The number of carbonyl (C=O) groups is 2. The van der Waals surface area contributed by atoms with Crippen LogP contribution < -0.4 is 0 Å². The Morgan fingerprint density at radius 1 is 1.40 bits per heavy atom. The predicted molar refractivity (Wildman–Crippen MR) is 110 cm³/mol. The normalized spacial score (nSPS) is 29.0. The van der Waals surface area contributed by atoms with Crippen LogP contribution in [0.3, 0.4) is 0 Å². The van der Waals surface area contributed by atoms with E-state index in [0.29, 0.717) is 19.6 Å². The van der Waals surface area contributed by atoms with Gasteiger partial charge in [-0.15, -0.1) is 0 Å². The Balaban J connectivity index is 1.38. The number of amides is 2. The lowest BCUT2D eigenvalue weighted by Gasteiger charge is -2.27. The maximum Gasteiger partial charge on any atom is 0.230 e. The van der Waals surface area contributed by atoms with Crippen molar-refractivity contribution in [3.8, 4) is 0 Å². The summed E-state index contributed by atoms with van der Waals surface area (Å²) >= 11 is 0. The smallest absolute Gasteiger partial charge is 0.230 e. The number of hydrogen-bond donors (Lipinski definition) is 1.